The molecule has 0 aliphatic heterocycles. The van der Waals surface area contributed by atoms with Crippen molar-refractivity contribution in [2.45, 2.75) is 11.4 Å². The van der Waals surface area contributed by atoms with E-state index in [-0.39, 0.29) is 17.3 Å². The number of nitrogens with zero attached hydrogens (tertiary/aromatic N) is 1. The molecule has 7 nitrogen and oxygen atoms in total. The van der Waals surface area contributed by atoms with E-state index in [1.54, 1.807) is 12.1 Å². The molecule has 21 heavy (non-hydrogen) atoms. The molecule has 2 rings (SSSR count). The van der Waals surface area contributed by atoms with Crippen molar-refractivity contribution in [1.29, 1.82) is 0 Å². The van der Waals surface area contributed by atoms with Gasteiger partial charge in [-0.3, -0.25) is 0 Å². The van der Waals surface area contributed by atoms with Gasteiger partial charge in [0.15, 0.2) is 0 Å². The van der Waals surface area contributed by atoms with Crippen molar-refractivity contribution < 1.29 is 13.2 Å². The standard InChI is InChI=1S/C13H16N4O3S/c1-20-12-5-3-2-4-10(12)9-16-21(18,19)11-6-7-15-13(8-11)17-14/h2-8,16H,9,14H2,1H3,(H,15,17). The number of anilines is 1. The van der Waals surface area contributed by atoms with E-state index in [4.69, 9.17) is 10.6 Å². The van der Waals surface area contributed by atoms with Crippen LogP contribution < -0.4 is 20.7 Å². The van der Waals surface area contributed by atoms with Crippen LogP contribution in [-0.2, 0) is 16.6 Å². The van der Waals surface area contributed by atoms with Gasteiger partial charge in [0.25, 0.3) is 0 Å². The zero-order valence-corrected chi connectivity index (χ0v) is 12.2. The predicted octanol–water partition coefficient (Wildman–Crippen LogP) is 0.854. The number of hydrogen-bond acceptors (Lipinski definition) is 6. The Morgan fingerprint density at radius 3 is 2.76 bits per heavy atom. The highest BCUT2D eigenvalue weighted by Gasteiger charge is 2.15. The molecule has 0 unspecified atom stereocenters. The molecule has 0 aliphatic rings. The number of hydrazine groups is 1. The topological polar surface area (TPSA) is 106 Å². The zero-order valence-electron chi connectivity index (χ0n) is 11.4. The molecule has 1 aromatic heterocycles. The fourth-order valence-electron chi connectivity index (χ4n) is 1.76. The van der Waals surface area contributed by atoms with Crippen LogP contribution in [0.5, 0.6) is 5.75 Å². The van der Waals surface area contributed by atoms with E-state index in [1.165, 1.54) is 25.4 Å². The van der Waals surface area contributed by atoms with E-state index in [0.29, 0.717) is 5.75 Å². The largest absolute Gasteiger partial charge is 0.496 e. The van der Waals surface area contributed by atoms with Gasteiger partial charge in [-0.25, -0.2) is 24.0 Å². The second kappa shape index (κ2) is 6.53. The second-order valence-electron chi connectivity index (χ2n) is 4.16. The van der Waals surface area contributed by atoms with E-state index in [1.807, 2.05) is 12.1 Å². The predicted molar refractivity (Wildman–Crippen MR) is 79.1 cm³/mol. The summed E-state index contributed by atoms with van der Waals surface area (Å²) in [5.41, 5.74) is 3.05. The van der Waals surface area contributed by atoms with Crippen molar-refractivity contribution in [1.82, 2.24) is 9.71 Å². The summed E-state index contributed by atoms with van der Waals surface area (Å²) in [4.78, 5) is 3.95. The maximum absolute atomic E-state index is 12.2. The molecule has 2 aromatic rings. The number of sulfonamides is 1. The fourth-order valence-corrected chi connectivity index (χ4v) is 2.78. The minimum Gasteiger partial charge on any atom is -0.496 e. The average Bonchev–Trinajstić information content (AvgIpc) is 2.53. The molecule has 0 fully saturated rings. The molecular weight excluding hydrogens is 292 g/mol. The number of nitrogens with two attached hydrogens (primary N) is 1. The monoisotopic (exact) mass is 308 g/mol. The SMILES string of the molecule is COc1ccccc1CNS(=O)(=O)c1ccnc(NN)c1. The van der Waals surface area contributed by atoms with Crippen molar-refractivity contribution in [2.75, 3.05) is 12.5 Å². The number of para-hydroxylation sites is 1. The Hall–Kier alpha value is -2.16. The number of pyridine rings is 1. The third kappa shape index (κ3) is 3.69. The lowest BCUT2D eigenvalue weighted by Gasteiger charge is -2.10. The smallest absolute Gasteiger partial charge is 0.241 e. The van der Waals surface area contributed by atoms with Gasteiger partial charge in [0, 0.05) is 24.4 Å². The number of ether oxygens (including phenoxy) is 1. The number of aromatic nitrogens is 1. The van der Waals surface area contributed by atoms with Crippen LogP contribution in [0.3, 0.4) is 0 Å². The maximum atomic E-state index is 12.2. The Balaban J connectivity index is 2.18. The molecule has 0 atom stereocenters. The minimum atomic E-state index is -3.66. The van der Waals surface area contributed by atoms with Gasteiger partial charge in [-0.05, 0) is 12.1 Å². The molecule has 0 aliphatic carbocycles. The molecule has 8 heteroatoms. The highest BCUT2D eigenvalue weighted by molar-refractivity contribution is 7.89. The summed E-state index contributed by atoms with van der Waals surface area (Å²) in [6, 6.07) is 9.94. The van der Waals surface area contributed by atoms with Crippen LogP contribution >= 0.6 is 0 Å². The molecule has 0 amide bonds. The minimum absolute atomic E-state index is 0.0837. The van der Waals surface area contributed by atoms with E-state index in [0.717, 1.165) is 5.56 Å². The lowest BCUT2D eigenvalue weighted by molar-refractivity contribution is 0.409. The quantitative estimate of drug-likeness (QED) is 0.539. The maximum Gasteiger partial charge on any atom is 0.241 e. The normalized spacial score (nSPS) is 11.1. The average molecular weight is 308 g/mol. The van der Waals surface area contributed by atoms with Crippen LogP contribution in [0.1, 0.15) is 5.56 Å². The van der Waals surface area contributed by atoms with Gasteiger partial charge in [0.2, 0.25) is 10.0 Å². The summed E-state index contributed by atoms with van der Waals surface area (Å²) >= 11 is 0. The third-order valence-electron chi connectivity index (χ3n) is 2.83. The second-order valence-corrected chi connectivity index (χ2v) is 5.92. The Morgan fingerprint density at radius 2 is 2.05 bits per heavy atom. The lowest BCUT2D eigenvalue weighted by Crippen LogP contribution is -2.24. The number of methoxy groups -OCH3 is 1. The van der Waals surface area contributed by atoms with E-state index in [9.17, 15) is 8.42 Å². The van der Waals surface area contributed by atoms with Gasteiger partial charge in [-0.2, -0.15) is 0 Å². The van der Waals surface area contributed by atoms with Crippen molar-refractivity contribution in [3.63, 3.8) is 0 Å². The number of nitrogen functional groups attached to an aromatic ring is 1. The van der Waals surface area contributed by atoms with Crippen LogP contribution in [0.15, 0.2) is 47.5 Å². The Morgan fingerprint density at radius 1 is 1.29 bits per heavy atom. The van der Waals surface area contributed by atoms with E-state index < -0.39 is 10.0 Å². The van der Waals surface area contributed by atoms with Crippen molar-refractivity contribution in [2.24, 2.45) is 5.84 Å². The summed E-state index contributed by atoms with van der Waals surface area (Å²) in [5.74, 6) is 6.12. The Bertz CT molecular complexity index is 719. The van der Waals surface area contributed by atoms with Gasteiger partial charge >= 0.3 is 0 Å². The van der Waals surface area contributed by atoms with Gasteiger partial charge < -0.3 is 10.2 Å². The number of hydrogen-bond donors (Lipinski definition) is 3. The number of nitrogens with one attached hydrogen (secondary N) is 2. The number of benzene rings is 1. The van der Waals surface area contributed by atoms with Crippen LogP contribution in [0.25, 0.3) is 0 Å². The first-order chi connectivity index (χ1) is 10.1. The molecular formula is C13H16N4O3S. The van der Waals surface area contributed by atoms with Crippen LogP contribution in [0.4, 0.5) is 5.82 Å². The van der Waals surface area contributed by atoms with Gasteiger partial charge in [-0.1, -0.05) is 18.2 Å². The zero-order chi connectivity index (χ0) is 15.3. The highest BCUT2D eigenvalue weighted by Crippen LogP contribution is 2.18. The summed E-state index contributed by atoms with van der Waals surface area (Å²) < 4.78 is 32.1. The van der Waals surface area contributed by atoms with Crippen LogP contribution in [-0.4, -0.2) is 20.5 Å². The highest BCUT2D eigenvalue weighted by atomic mass is 32.2. The Kier molecular flexibility index (Phi) is 4.73. The molecule has 0 radical (unpaired) electrons. The van der Waals surface area contributed by atoms with E-state index >= 15 is 0 Å². The molecule has 1 aromatic carbocycles. The molecule has 1 heterocycles. The van der Waals surface area contributed by atoms with E-state index in [2.05, 4.69) is 15.1 Å². The summed E-state index contributed by atoms with van der Waals surface area (Å²) in [7, 11) is -2.12. The molecule has 0 bridgehead atoms. The van der Waals surface area contributed by atoms with Crippen LogP contribution in [0, 0.1) is 0 Å². The van der Waals surface area contributed by atoms with Gasteiger partial charge in [0.1, 0.15) is 11.6 Å². The summed E-state index contributed by atoms with van der Waals surface area (Å²) in [6.45, 7) is 0.125. The summed E-state index contributed by atoms with van der Waals surface area (Å²) in [5, 5.41) is 0. The van der Waals surface area contributed by atoms with Gasteiger partial charge in [0.05, 0.1) is 12.0 Å². The number of rotatable bonds is 6. The van der Waals surface area contributed by atoms with Crippen molar-refractivity contribution >= 4 is 15.8 Å². The molecule has 112 valence electrons. The molecule has 0 spiro atoms. The lowest BCUT2D eigenvalue weighted by atomic mass is 10.2. The third-order valence-corrected chi connectivity index (χ3v) is 4.23. The molecule has 4 N–H and O–H groups in total. The first kappa shape index (κ1) is 15.2. The van der Waals surface area contributed by atoms with Gasteiger partial charge in [-0.15, -0.1) is 0 Å². The first-order valence-corrected chi connectivity index (χ1v) is 7.59. The molecule has 0 saturated heterocycles. The van der Waals surface area contributed by atoms with Crippen molar-refractivity contribution in [3.05, 3.63) is 48.2 Å². The van der Waals surface area contributed by atoms with Crippen LogP contribution in [0.2, 0.25) is 0 Å². The first-order valence-electron chi connectivity index (χ1n) is 6.11. The molecule has 0 saturated carbocycles. The van der Waals surface area contributed by atoms with Crippen molar-refractivity contribution in [3.8, 4) is 5.75 Å². The summed E-state index contributed by atoms with van der Waals surface area (Å²) in [6.07, 6.45) is 1.37. The fraction of sp³-hybridized carbons (Fsp3) is 0.154. The Labute approximate surface area is 123 Å².